The molecule has 0 saturated heterocycles. The fraction of sp³-hybridized carbons (Fsp3) is 0.222. The Balaban J connectivity index is 1.72. The topological polar surface area (TPSA) is 90.1 Å². The second kappa shape index (κ2) is 7.57. The average molecular weight is 338 g/mol. The number of amides is 1. The van der Waals surface area contributed by atoms with Crippen LogP contribution in [0.4, 0.5) is 0 Å². The van der Waals surface area contributed by atoms with E-state index in [2.05, 4.69) is 20.4 Å². The zero-order chi connectivity index (χ0) is 17.6. The van der Waals surface area contributed by atoms with Gasteiger partial charge < -0.3 is 14.6 Å². The molecule has 3 rings (SSSR count). The van der Waals surface area contributed by atoms with Crippen LogP contribution in [0.25, 0.3) is 11.4 Å². The van der Waals surface area contributed by atoms with Gasteiger partial charge in [0, 0.05) is 25.0 Å². The van der Waals surface area contributed by atoms with Crippen LogP contribution in [0.3, 0.4) is 0 Å². The van der Waals surface area contributed by atoms with Gasteiger partial charge in [-0.05, 0) is 32.0 Å². The van der Waals surface area contributed by atoms with Crippen LogP contribution >= 0.6 is 0 Å². The Labute approximate surface area is 145 Å². The molecule has 0 aromatic carbocycles. The van der Waals surface area contributed by atoms with Gasteiger partial charge in [-0.15, -0.1) is 0 Å². The van der Waals surface area contributed by atoms with E-state index >= 15 is 0 Å². The number of hydrogen-bond donors (Lipinski definition) is 1. The van der Waals surface area contributed by atoms with Crippen LogP contribution in [-0.4, -0.2) is 27.6 Å². The van der Waals surface area contributed by atoms with Crippen LogP contribution in [0.5, 0.6) is 5.88 Å². The summed E-state index contributed by atoms with van der Waals surface area (Å²) in [5.41, 5.74) is 2.67. The first kappa shape index (κ1) is 16.6. The standard InChI is InChI=1S/C18H18N4O3/c1-3-19-18(23)13-7-8-16(21-10-13)24-11-14-12(2)25-22-17(14)15-6-4-5-9-20-15/h4-10H,3,11H2,1-2H3,(H,19,23). The Morgan fingerprint density at radius 2 is 2.12 bits per heavy atom. The molecular formula is C18H18N4O3. The van der Waals surface area contributed by atoms with Crippen molar-refractivity contribution >= 4 is 5.91 Å². The third-order valence-corrected chi connectivity index (χ3v) is 3.59. The SMILES string of the molecule is CCNC(=O)c1ccc(OCc2c(-c3ccccn3)noc2C)nc1. The highest BCUT2D eigenvalue weighted by molar-refractivity contribution is 5.93. The number of carbonyl (C=O) groups is 1. The molecule has 3 aromatic rings. The predicted octanol–water partition coefficient (Wildman–Crippen LogP) is 2.77. The number of aryl methyl sites for hydroxylation is 1. The highest BCUT2D eigenvalue weighted by atomic mass is 16.5. The van der Waals surface area contributed by atoms with E-state index in [9.17, 15) is 4.79 Å². The van der Waals surface area contributed by atoms with Gasteiger partial charge in [-0.25, -0.2) is 4.98 Å². The maximum absolute atomic E-state index is 11.7. The lowest BCUT2D eigenvalue weighted by atomic mass is 10.1. The molecule has 0 bridgehead atoms. The van der Waals surface area contributed by atoms with Crippen molar-refractivity contribution in [3.63, 3.8) is 0 Å². The molecule has 0 unspecified atom stereocenters. The fourth-order valence-corrected chi connectivity index (χ4v) is 2.27. The summed E-state index contributed by atoms with van der Waals surface area (Å²) in [6.45, 7) is 4.50. The Bertz CT molecular complexity index is 845. The number of pyridine rings is 2. The summed E-state index contributed by atoms with van der Waals surface area (Å²) in [5, 5.41) is 6.79. The highest BCUT2D eigenvalue weighted by Gasteiger charge is 2.16. The van der Waals surface area contributed by atoms with Crippen LogP contribution in [-0.2, 0) is 6.61 Å². The largest absolute Gasteiger partial charge is 0.473 e. The Morgan fingerprint density at radius 3 is 2.80 bits per heavy atom. The van der Waals surface area contributed by atoms with Crippen molar-refractivity contribution in [1.29, 1.82) is 0 Å². The van der Waals surface area contributed by atoms with E-state index in [0.29, 0.717) is 29.4 Å². The monoisotopic (exact) mass is 338 g/mol. The molecule has 0 fully saturated rings. The summed E-state index contributed by atoms with van der Waals surface area (Å²) in [6.07, 6.45) is 3.19. The first-order valence-electron chi connectivity index (χ1n) is 7.92. The van der Waals surface area contributed by atoms with E-state index in [1.807, 2.05) is 32.0 Å². The van der Waals surface area contributed by atoms with Crippen molar-refractivity contribution in [2.24, 2.45) is 0 Å². The number of ether oxygens (including phenoxy) is 1. The number of rotatable bonds is 6. The molecule has 0 aliphatic carbocycles. The summed E-state index contributed by atoms with van der Waals surface area (Å²) < 4.78 is 11.0. The van der Waals surface area contributed by atoms with E-state index in [4.69, 9.17) is 9.26 Å². The van der Waals surface area contributed by atoms with Crippen LogP contribution < -0.4 is 10.1 Å². The van der Waals surface area contributed by atoms with Crippen molar-refractivity contribution < 1.29 is 14.1 Å². The summed E-state index contributed by atoms with van der Waals surface area (Å²) in [4.78, 5) is 20.2. The Kier molecular flexibility index (Phi) is 5.03. The third-order valence-electron chi connectivity index (χ3n) is 3.59. The van der Waals surface area contributed by atoms with Gasteiger partial charge in [0.2, 0.25) is 5.88 Å². The minimum atomic E-state index is -0.158. The molecule has 3 heterocycles. The van der Waals surface area contributed by atoms with Gasteiger partial charge in [0.15, 0.2) is 0 Å². The summed E-state index contributed by atoms with van der Waals surface area (Å²) in [6, 6.07) is 8.92. The molecule has 128 valence electrons. The molecule has 7 nitrogen and oxygen atoms in total. The number of hydrogen-bond acceptors (Lipinski definition) is 6. The molecule has 25 heavy (non-hydrogen) atoms. The molecule has 1 amide bonds. The van der Waals surface area contributed by atoms with Crippen molar-refractivity contribution in [1.82, 2.24) is 20.4 Å². The highest BCUT2D eigenvalue weighted by Crippen LogP contribution is 2.24. The smallest absolute Gasteiger partial charge is 0.252 e. The van der Waals surface area contributed by atoms with Crippen LogP contribution in [0.2, 0.25) is 0 Å². The molecule has 0 aliphatic rings. The lowest BCUT2D eigenvalue weighted by molar-refractivity contribution is 0.0955. The first-order valence-corrected chi connectivity index (χ1v) is 7.92. The Hall–Kier alpha value is -3.22. The molecule has 0 atom stereocenters. The lowest BCUT2D eigenvalue weighted by Gasteiger charge is -2.07. The van der Waals surface area contributed by atoms with Gasteiger partial charge in [-0.3, -0.25) is 9.78 Å². The molecular weight excluding hydrogens is 320 g/mol. The molecule has 0 spiro atoms. The zero-order valence-corrected chi connectivity index (χ0v) is 14.0. The summed E-state index contributed by atoms with van der Waals surface area (Å²) >= 11 is 0. The number of nitrogens with zero attached hydrogens (tertiary/aromatic N) is 3. The summed E-state index contributed by atoms with van der Waals surface area (Å²) in [5.74, 6) is 0.925. The van der Waals surface area contributed by atoms with Gasteiger partial charge >= 0.3 is 0 Å². The normalized spacial score (nSPS) is 10.5. The quantitative estimate of drug-likeness (QED) is 0.743. The van der Waals surface area contributed by atoms with Crippen LogP contribution in [0, 0.1) is 6.92 Å². The second-order valence-corrected chi connectivity index (χ2v) is 5.31. The molecule has 1 N–H and O–H groups in total. The fourth-order valence-electron chi connectivity index (χ4n) is 2.27. The zero-order valence-electron chi connectivity index (χ0n) is 14.0. The maximum atomic E-state index is 11.7. The number of carbonyl (C=O) groups excluding carboxylic acids is 1. The van der Waals surface area contributed by atoms with Gasteiger partial charge in [0.05, 0.1) is 16.8 Å². The van der Waals surface area contributed by atoms with Gasteiger partial charge in [0.25, 0.3) is 5.91 Å². The minimum Gasteiger partial charge on any atom is -0.473 e. The molecule has 0 radical (unpaired) electrons. The lowest BCUT2D eigenvalue weighted by Crippen LogP contribution is -2.22. The van der Waals surface area contributed by atoms with Crippen LogP contribution in [0.15, 0.2) is 47.2 Å². The third kappa shape index (κ3) is 3.82. The van der Waals surface area contributed by atoms with Crippen molar-refractivity contribution in [3.05, 3.63) is 59.6 Å². The number of aromatic nitrogens is 3. The van der Waals surface area contributed by atoms with Gasteiger partial charge in [-0.2, -0.15) is 0 Å². The van der Waals surface area contributed by atoms with Crippen molar-refractivity contribution in [2.75, 3.05) is 6.54 Å². The molecule has 3 aromatic heterocycles. The first-order chi connectivity index (χ1) is 12.2. The minimum absolute atomic E-state index is 0.158. The van der Waals surface area contributed by atoms with E-state index < -0.39 is 0 Å². The molecule has 7 heteroatoms. The maximum Gasteiger partial charge on any atom is 0.252 e. The van der Waals surface area contributed by atoms with E-state index in [0.717, 1.165) is 11.3 Å². The van der Waals surface area contributed by atoms with E-state index in [1.165, 1.54) is 6.20 Å². The van der Waals surface area contributed by atoms with Crippen LogP contribution in [0.1, 0.15) is 28.6 Å². The second-order valence-electron chi connectivity index (χ2n) is 5.31. The van der Waals surface area contributed by atoms with Gasteiger partial charge in [0.1, 0.15) is 18.1 Å². The molecule has 0 saturated carbocycles. The molecule has 0 aliphatic heterocycles. The Morgan fingerprint density at radius 1 is 1.24 bits per heavy atom. The predicted molar refractivity (Wildman–Crippen MR) is 91.0 cm³/mol. The number of nitrogens with one attached hydrogen (secondary N) is 1. The van der Waals surface area contributed by atoms with Crippen molar-refractivity contribution in [3.8, 4) is 17.3 Å². The average Bonchev–Trinajstić information content (AvgIpc) is 3.02. The van der Waals surface area contributed by atoms with E-state index in [-0.39, 0.29) is 12.5 Å². The summed E-state index contributed by atoms with van der Waals surface area (Å²) in [7, 11) is 0. The van der Waals surface area contributed by atoms with E-state index in [1.54, 1.807) is 18.3 Å². The van der Waals surface area contributed by atoms with Gasteiger partial charge in [-0.1, -0.05) is 11.2 Å². The van der Waals surface area contributed by atoms with Crippen molar-refractivity contribution in [2.45, 2.75) is 20.5 Å².